The number of hydrogen-bond acceptors (Lipinski definition) is 5. The zero-order valence-electron chi connectivity index (χ0n) is 20.7. The lowest BCUT2D eigenvalue weighted by atomic mass is 9.52. The van der Waals surface area contributed by atoms with Crippen molar-refractivity contribution in [2.24, 2.45) is 34.5 Å². The smallest absolute Gasteiger partial charge is 0.0610 e. The minimum Gasteiger partial charge on any atom is -0.550 e. The van der Waals surface area contributed by atoms with Crippen molar-refractivity contribution in [1.29, 1.82) is 0 Å². The van der Waals surface area contributed by atoms with Crippen molar-refractivity contribution in [3.8, 4) is 0 Å². The molecule has 3 rings (SSSR count). The summed E-state index contributed by atoms with van der Waals surface area (Å²) in [5.74, 6) is 0.727. The van der Waals surface area contributed by atoms with Gasteiger partial charge in [-0.2, -0.15) is 0 Å². The van der Waals surface area contributed by atoms with Gasteiger partial charge < -0.3 is 31.6 Å². The second-order valence-corrected chi connectivity index (χ2v) is 11.0. The van der Waals surface area contributed by atoms with Crippen LogP contribution < -0.4 is 16.6 Å². The van der Waals surface area contributed by atoms with Crippen LogP contribution in [0.5, 0.6) is 0 Å². The van der Waals surface area contributed by atoms with Crippen LogP contribution in [0, 0.1) is 34.5 Å². The SMILES string of the molecule is C=C1CCC2[C@@H](O)C([C@@]3(C)CC[C@H](O)C[C@@H]3CNCC(C)C)CC[C@@]12C.CC(=O)[O-].[NH4+]. The molecule has 2 unspecified atom stereocenters. The molecule has 31 heavy (non-hydrogen) atoms. The van der Waals surface area contributed by atoms with Crippen molar-refractivity contribution in [1.82, 2.24) is 11.5 Å². The monoisotopic (exact) mass is 440 g/mol. The first kappa shape index (κ1) is 28.1. The number of hydrogen-bond donors (Lipinski definition) is 4. The lowest BCUT2D eigenvalue weighted by molar-refractivity contribution is -0.302. The summed E-state index contributed by atoms with van der Waals surface area (Å²) in [5.41, 5.74) is 1.62. The van der Waals surface area contributed by atoms with Crippen LogP contribution in [0.25, 0.3) is 0 Å². The number of aliphatic hydroxyl groups excluding tert-OH is 2. The number of quaternary nitrogens is 1. The molecule has 0 heterocycles. The molecule has 7 N–H and O–H groups in total. The average Bonchev–Trinajstić information content (AvgIpc) is 2.93. The summed E-state index contributed by atoms with van der Waals surface area (Å²) in [7, 11) is 0. The van der Waals surface area contributed by atoms with Crippen LogP contribution >= 0.6 is 0 Å². The zero-order chi connectivity index (χ0) is 22.7. The highest BCUT2D eigenvalue weighted by Crippen LogP contribution is 2.61. The van der Waals surface area contributed by atoms with Gasteiger partial charge in [-0.05, 0) is 99.5 Å². The second-order valence-electron chi connectivity index (χ2n) is 11.0. The number of carboxylic acid groups (broad SMARTS) is 1. The Balaban J connectivity index is 0.000000885. The van der Waals surface area contributed by atoms with Crippen molar-refractivity contribution < 1.29 is 20.1 Å². The number of allylic oxidation sites excluding steroid dienone is 1. The summed E-state index contributed by atoms with van der Waals surface area (Å²) < 4.78 is 0. The molecule has 3 fully saturated rings. The standard InChI is InChI=1S/C23H41NO2.C2H4O2.H3N/c1-15(2)13-24-14-17-12-18(25)8-10-23(17,5)20-9-11-22(4)16(3)6-7-19(22)21(20)26;1-2(3)4;/h15,17-21,24-26H,3,6-14H2,1-2,4-5H3;1H3,(H,3,4);1H3/t17-,18+,19?,20?,21-,22+,23+;;/m1../s1. The Morgan fingerprint density at radius 3 is 2.39 bits per heavy atom. The minimum atomic E-state index is -1.08. The van der Waals surface area contributed by atoms with E-state index in [2.05, 4.69) is 39.6 Å². The summed E-state index contributed by atoms with van der Waals surface area (Å²) in [4.78, 5) is 8.89. The van der Waals surface area contributed by atoms with Gasteiger partial charge in [-0.15, -0.1) is 0 Å². The van der Waals surface area contributed by atoms with Crippen LogP contribution in [0.4, 0.5) is 0 Å². The molecule has 0 saturated heterocycles. The summed E-state index contributed by atoms with van der Waals surface area (Å²) in [6, 6.07) is 0. The molecule has 0 aromatic heterocycles. The molecule has 0 aromatic carbocycles. The number of nitrogens with one attached hydrogen (secondary N) is 1. The Hall–Kier alpha value is -0.950. The number of aliphatic carboxylic acids is 1. The van der Waals surface area contributed by atoms with Gasteiger partial charge in [0.2, 0.25) is 0 Å². The van der Waals surface area contributed by atoms with Gasteiger partial charge in [0.15, 0.2) is 0 Å². The van der Waals surface area contributed by atoms with Crippen molar-refractivity contribution in [3.05, 3.63) is 12.2 Å². The number of rotatable bonds is 5. The molecule has 3 aliphatic rings. The molecule has 0 aromatic rings. The van der Waals surface area contributed by atoms with Gasteiger partial charge in [0, 0.05) is 5.97 Å². The topological polar surface area (TPSA) is 129 Å². The van der Waals surface area contributed by atoms with Crippen molar-refractivity contribution in [3.63, 3.8) is 0 Å². The maximum Gasteiger partial charge on any atom is 0.0610 e. The Kier molecular flexibility index (Phi) is 10.2. The fraction of sp³-hybridized carbons (Fsp3) is 0.880. The van der Waals surface area contributed by atoms with Crippen molar-refractivity contribution in [2.75, 3.05) is 13.1 Å². The van der Waals surface area contributed by atoms with Gasteiger partial charge in [0.05, 0.1) is 12.2 Å². The van der Waals surface area contributed by atoms with Gasteiger partial charge in [0.25, 0.3) is 0 Å². The third-order valence-electron chi connectivity index (χ3n) is 8.48. The quantitative estimate of drug-likeness (QED) is 0.488. The Bertz CT molecular complexity index is 606. The largest absolute Gasteiger partial charge is 0.550 e. The number of carboxylic acids is 1. The van der Waals surface area contributed by atoms with E-state index in [0.29, 0.717) is 23.7 Å². The Morgan fingerprint density at radius 2 is 1.81 bits per heavy atom. The van der Waals surface area contributed by atoms with Crippen LogP contribution in [0.1, 0.15) is 79.6 Å². The second kappa shape index (κ2) is 11.3. The maximum absolute atomic E-state index is 11.4. The van der Waals surface area contributed by atoms with E-state index in [4.69, 9.17) is 9.90 Å². The highest BCUT2D eigenvalue weighted by atomic mass is 16.4. The number of carbonyl (C=O) groups excluding carboxylic acids is 1. The van der Waals surface area contributed by atoms with Crippen molar-refractivity contribution in [2.45, 2.75) is 91.8 Å². The van der Waals surface area contributed by atoms with E-state index in [1.165, 1.54) is 12.0 Å². The van der Waals surface area contributed by atoms with E-state index in [1.807, 2.05) is 0 Å². The Labute approximate surface area is 189 Å². The molecule has 6 heteroatoms. The molecule has 0 radical (unpaired) electrons. The molecule has 0 bridgehead atoms. The molecule has 6 nitrogen and oxygen atoms in total. The van der Waals surface area contributed by atoms with Gasteiger partial charge in [0.1, 0.15) is 0 Å². The molecule has 182 valence electrons. The van der Waals surface area contributed by atoms with Gasteiger partial charge in [-0.1, -0.05) is 39.8 Å². The first-order chi connectivity index (χ1) is 13.9. The number of fused-ring (bicyclic) bond motifs is 1. The normalized spacial score (nSPS) is 39.9. The van der Waals surface area contributed by atoms with Crippen LogP contribution in [-0.2, 0) is 4.79 Å². The highest BCUT2D eigenvalue weighted by Gasteiger charge is 2.56. The van der Waals surface area contributed by atoms with Crippen LogP contribution in [0.2, 0.25) is 0 Å². The maximum atomic E-state index is 11.4. The third kappa shape index (κ3) is 6.31. The molecule has 0 amide bonds. The predicted octanol–water partition coefficient (Wildman–Crippen LogP) is 3.28. The van der Waals surface area contributed by atoms with E-state index in [1.54, 1.807) is 0 Å². The Morgan fingerprint density at radius 1 is 1.19 bits per heavy atom. The van der Waals surface area contributed by atoms with Crippen LogP contribution in [-0.4, -0.2) is 41.5 Å². The van der Waals surface area contributed by atoms with Crippen LogP contribution in [0.15, 0.2) is 12.2 Å². The molecule has 0 aliphatic heterocycles. The fourth-order valence-electron chi connectivity index (χ4n) is 6.48. The highest BCUT2D eigenvalue weighted by molar-refractivity contribution is 5.60. The lowest BCUT2D eigenvalue weighted by Crippen LogP contribution is -2.54. The lowest BCUT2D eigenvalue weighted by Gasteiger charge is -2.55. The number of carbonyl (C=O) groups is 1. The van der Waals surface area contributed by atoms with E-state index >= 15 is 0 Å². The van der Waals surface area contributed by atoms with E-state index in [9.17, 15) is 10.2 Å². The van der Waals surface area contributed by atoms with E-state index in [-0.39, 0.29) is 29.2 Å². The first-order valence-corrected chi connectivity index (χ1v) is 11.8. The minimum absolute atomic E-state index is 0. The van der Waals surface area contributed by atoms with E-state index < -0.39 is 5.97 Å². The molecular formula is C25H48N2O4. The zero-order valence-corrected chi connectivity index (χ0v) is 20.7. The molecule has 7 atom stereocenters. The molecule has 0 spiro atoms. The fourth-order valence-corrected chi connectivity index (χ4v) is 6.48. The van der Waals surface area contributed by atoms with Crippen molar-refractivity contribution >= 4 is 5.97 Å². The van der Waals surface area contributed by atoms with Gasteiger partial charge in [-0.25, -0.2) is 0 Å². The summed E-state index contributed by atoms with van der Waals surface area (Å²) >= 11 is 0. The average molecular weight is 441 g/mol. The summed E-state index contributed by atoms with van der Waals surface area (Å²) in [5, 5.41) is 34.2. The summed E-state index contributed by atoms with van der Waals surface area (Å²) in [6.07, 6.45) is 6.85. The van der Waals surface area contributed by atoms with Gasteiger partial charge >= 0.3 is 0 Å². The summed E-state index contributed by atoms with van der Waals surface area (Å²) in [6.45, 7) is 16.5. The molecule has 3 aliphatic carbocycles. The predicted molar refractivity (Wildman–Crippen MR) is 125 cm³/mol. The van der Waals surface area contributed by atoms with Crippen LogP contribution in [0.3, 0.4) is 0 Å². The third-order valence-corrected chi connectivity index (χ3v) is 8.48. The van der Waals surface area contributed by atoms with Gasteiger partial charge in [-0.3, -0.25) is 0 Å². The van der Waals surface area contributed by atoms with E-state index in [0.717, 1.165) is 58.5 Å². The molecular weight excluding hydrogens is 392 g/mol. The molecule has 3 saturated carbocycles. The first-order valence-electron chi connectivity index (χ1n) is 11.8. The number of aliphatic hydroxyl groups is 2.